The van der Waals surface area contributed by atoms with E-state index < -0.39 is 5.97 Å². The van der Waals surface area contributed by atoms with Crippen LogP contribution >= 0.6 is 0 Å². The van der Waals surface area contributed by atoms with Gasteiger partial charge in [0.25, 0.3) is 0 Å². The molecule has 0 amide bonds. The molecular weight excluding hydrogens is 419 g/mol. The first kappa shape index (κ1) is 22.8. The van der Waals surface area contributed by atoms with Crippen LogP contribution in [0.2, 0.25) is 0 Å². The first-order valence-electron chi connectivity index (χ1n) is 11.1. The fourth-order valence-corrected chi connectivity index (χ4v) is 4.41. The maximum atomic E-state index is 14.7. The Balaban J connectivity index is 1.58. The Labute approximate surface area is 194 Å². The molecule has 172 valence electrons. The maximum Gasteiger partial charge on any atom is 0.303 e. The number of hydrogen-bond donors (Lipinski definition) is 1. The molecule has 1 atom stereocenters. The normalized spacial score (nSPS) is 14.9. The number of methoxy groups -OCH3 is 1. The summed E-state index contributed by atoms with van der Waals surface area (Å²) in [7, 11) is 1.57. The molecule has 0 aromatic heterocycles. The van der Waals surface area contributed by atoms with E-state index in [1.165, 1.54) is 11.6 Å². The van der Waals surface area contributed by atoms with Crippen molar-refractivity contribution in [3.8, 4) is 22.6 Å². The van der Waals surface area contributed by atoms with Crippen LogP contribution in [-0.4, -0.2) is 18.2 Å². The fourth-order valence-electron chi connectivity index (χ4n) is 4.41. The number of ether oxygens (including phenoxy) is 2. The Morgan fingerprint density at radius 2 is 1.79 bits per heavy atom. The molecule has 5 heteroatoms. The average Bonchev–Trinajstić information content (AvgIpc) is 2.76. The fraction of sp³-hybridized carbons (Fsp3) is 0.321. The summed E-state index contributed by atoms with van der Waals surface area (Å²) in [6.07, 6.45) is 0.951. The number of halogens is 1. The van der Waals surface area contributed by atoms with Crippen molar-refractivity contribution in [2.45, 2.75) is 51.6 Å². The van der Waals surface area contributed by atoms with Gasteiger partial charge < -0.3 is 14.6 Å². The molecule has 0 heterocycles. The molecule has 4 rings (SSSR count). The van der Waals surface area contributed by atoms with Crippen molar-refractivity contribution in [1.82, 2.24) is 0 Å². The number of benzene rings is 3. The van der Waals surface area contributed by atoms with Gasteiger partial charge in [-0.3, -0.25) is 4.79 Å². The van der Waals surface area contributed by atoms with E-state index in [0.717, 1.165) is 34.4 Å². The molecule has 0 bridgehead atoms. The highest BCUT2D eigenvalue weighted by Crippen LogP contribution is 2.40. The van der Waals surface area contributed by atoms with Crippen LogP contribution in [0.3, 0.4) is 0 Å². The first-order chi connectivity index (χ1) is 15.7. The van der Waals surface area contributed by atoms with Crippen LogP contribution in [-0.2, 0) is 23.2 Å². The van der Waals surface area contributed by atoms with Crippen LogP contribution in [0.1, 0.15) is 55.4 Å². The van der Waals surface area contributed by atoms with E-state index >= 15 is 0 Å². The van der Waals surface area contributed by atoms with Crippen molar-refractivity contribution < 1.29 is 23.8 Å². The Hall–Kier alpha value is -3.34. The van der Waals surface area contributed by atoms with Crippen molar-refractivity contribution in [3.63, 3.8) is 0 Å². The van der Waals surface area contributed by atoms with Crippen molar-refractivity contribution in [2.24, 2.45) is 0 Å². The summed E-state index contributed by atoms with van der Waals surface area (Å²) < 4.78 is 26.0. The summed E-state index contributed by atoms with van der Waals surface area (Å²) in [5, 5.41) is 9.08. The third-order valence-electron chi connectivity index (χ3n) is 6.21. The predicted octanol–water partition coefficient (Wildman–Crippen LogP) is 6.49. The topological polar surface area (TPSA) is 55.8 Å². The smallest absolute Gasteiger partial charge is 0.303 e. The van der Waals surface area contributed by atoms with Crippen molar-refractivity contribution in [2.75, 3.05) is 7.11 Å². The van der Waals surface area contributed by atoms with Gasteiger partial charge in [-0.15, -0.1) is 0 Å². The monoisotopic (exact) mass is 448 g/mol. The maximum absolute atomic E-state index is 14.7. The van der Waals surface area contributed by atoms with Crippen LogP contribution < -0.4 is 9.47 Å². The first-order valence-corrected chi connectivity index (χ1v) is 11.1. The zero-order chi connectivity index (χ0) is 23.8. The molecule has 0 aliphatic heterocycles. The second-order valence-electron chi connectivity index (χ2n) is 9.62. The predicted molar refractivity (Wildman–Crippen MR) is 127 cm³/mol. The highest BCUT2D eigenvalue weighted by molar-refractivity contribution is 5.71. The Bertz CT molecular complexity index is 1190. The highest BCUT2D eigenvalue weighted by atomic mass is 19.1. The minimum atomic E-state index is -0.778. The molecule has 1 aliphatic carbocycles. The molecule has 0 fully saturated rings. The lowest BCUT2D eigenvalue weighted by Gasteiger charge is -2.29. The van der Waals surface area contributed by atoms with Gasteiger partial charge in [0.1, 0.15) is 23.9 Å². The van der Waals surface area contributed by atoms with Crippen molar-refractivity contribution in [1.29, 1.82) is 0 Å². The molecule has 3 aromatic carbocycles. The van der Waals surface area contributed by atoms with Gasteiger partial charge >= 0.3 is 5.97 Å². The standard InChI is InChI=1S/C28H29FO4/c1-28(2,3)25-11-17(5-9-22(25)24-14-20(32-4)8-10-26(24)29)16-33-21-7-6-18-12-19(13-27(30)31)23(18)15-21/h5-11,14-15,19H,12-13,16H2,1-4H3,(H,30,31). The quantitative estimate of drug-likeness (QED) is 0.449. The molecule has 0 saturated heterocycles. The molecule has 33 heavy (non-hydrogen) atoms. The van der Waals surface area contributed by atoms with Gasteiger partial charge in [0.2, 0.25) is 0 Å². The molecule has 1 aliphatic rings. The van der Waals surface area contributed by atoms with Gasteiger partial charge in [0.05, 0.1) is 13.5 Å². The van der Waals surface area contributed by atoms with Gasteiger partial charge in [-0.05, 0) is 75.9 Å². The molecule has 3 aromatic rings. The molecule has 4 nitrogen and oxygen atoms in total. The number of rotatable bonds is 7. The number of aliphatic carboxylic acids is 1. The zero-order valence-electron chi connectivity index (χ0n) is 19.4. The summed E-state index contributed by atoms with van der Waals surface area (Å²) >= 11 is 0. The van der Waals surface area contributed by atoms with E-state index in [4.69, 9.17) is 14.6 Å². The summed E-state index contributed by atoms with van der Waals surface area (Å²) in [6.45, 7) is 6.68. The summed E-state index contributed by atoms with van der Waals surface area (Å²) in [5.74, 6) is 0.331. The summed E-state index contributed by atoms with van der Waals surface area (Å²) in [5.41, 5.74) is 5.40. The van der Waals surface area contributed by atoms with Crippen molar-refractivity contribution >= 4 is 5.97 Å². The molecule has 1 N–H and O–H groups in total. The summed E-state index contributed by atoms with van der Waals surface area (Å²) in [4.78, 5) is 11.0. The van der Waals surface area contributed by atoms with E-state index in [2.05, 4.69) is 26.8 Å². The van der Waals surface area contributed by atoms with E-state index in [0.29, 0.717) is 17.9 Å². The van der Waals surface area contributed by atoms with Crippen LogP contribution in [0.4, 0.5) is 4.39 Å². The second-order valence-corrected chi connectivity index (χ2v) is 9.62. The lowest BCUT2D eigenvalue weighted by Crippen LogP contribution is -2.20. The molecular formula is C28H29FO4. The number of fused-ring (bicyclic) bond motifs is 1. The lowest BCUT2D eigenvalue weighted by molar-refractivity contribution is -0.137. The van der Waals surface area contributed by atoms with Gasteiger partial charge in [-0.2, -0.15) is 0 Å². The number of carbonyl (C=O) groups is 1. The third-order valence-corrected chi connectivity index (χ3v) is 6.21. The van der Waals surface area contributed by atoms with Crippen molar-refractivity contribution in [3.05, 3.63) is 82.7 Å². The zero-order valence-corrected chi connectivity index (χ0v) is 19.4. The van der Waals surface area contributed by atoms with Crippen LogP contribution in [0.5, 0.6) is 11.5 Å². The summed E-state index contributed by atoms with van der Waals surface area (Å²) in [6, 6.07) is 16.6. The second kappa shape index (κ2) is 8.89. The van der Waals surface area contributed by atoms with E-state index in [-0.39, 0.29) is 23.6 Å². The van der Waals surface area contributed by atoms with Gasteiger partial charge in [0.15, 0.2) is 0 Å². The molecule has 0 radical (unpaired) electrons. The molecule has 1 unspecified atom stereocenters. The average molecular weight is 449 g/mol. The Morgan fingerprint density at radius 1 is 1.03 bits per heavy atom. The Morgan fingerprint density at radius 3 is 2.48 bits per heavy atom. The van der Waals surface area contributed by atoms with Gasteiger partial charge in [-0.1, -0.05) is 45.0 Å². The number of carboxylic acid groups (broad SMARTS) is 1. The minimum absolute atomic E-state index is 0.0607. The van der Waals surface area contributed by atoms with E-state index in [9.17, 15) is 9.18 Å². The highest BCUT2D eigenvalue weighted by Gasteiger charge is 2.28. The lowest BCUT2D eigenvalue weighted by atomic mass is 9.76. The Kier molecular flexibility index (Phi) is 6.15. The SMILES string of the molecule is COc1ccc(F)c(-c2ccc(COc3ccc4c(c3)C(CC(=O)O)C4)cc2C(C)(C)C)c1. The molecule has 0 spiro atoms. The largest absolute Gasteiger partial charge is 0.497 e. The van der Waals surface area contributed by atoms with Crippen LogP contribution in [0.25, 0.3) is 11.1 Å². The number of hydrogen-bond acceptors (Lipinski definition) is 3. The third kappa shape index (κ3) is 4.87. The van der Waals surface area contributed by atoms with Crippen LogP contribution in [0.15, 0.2) is 54.6 Å². The van der Waals surface area contributed by atoms with Gasteiger partial charge in [0, 0.05) is 5.56 Å². The van der Waals surface area contributed by atoms with Gasteiger partial charge in [-0.25, -0.2) is 4.39 Å². The molecule has 0 saturated carbocycles. The van der Waals surface area contributed by atoms with Crippen LogP contribution in [0, 0.1) is 5.82 Å². The van der Waals surface area contributed by atoms with E-state index in [1.54, 1.807) is 19.2 Å². The van der Waals surface area contributed by atoms with E-state index in [1.807, 2.05) is 30.3 Å². The minimum Gasteiger partial charge on any atom is -0.497 e. The number of carboxylic acids is 1.